The Morgan fingerprint density at radius 2 is 1.96 bits per heavy atom. The van der Waals surface area contributed by atoms with Crippen LogP contribution in [-0.2, 0) is 6.42 Å². The lowest BCUT2D eigenvalue weighted by Gasteiger charge is -2.22. The number of aromatic nitrogens is 2. The molecular weight excluding hydrogens is 324 g/mol. The van der Waals surface area contributed by atoms with Gasteiger partial charge in [0.15, 0.2) is 0 Å². The van der Waals surface area contributed by atoms with Crippen molar-refractivity contribution >= 4 is 23.1 Å². The van der Waals surface area contributed by atoms with Crippen LogP contribution in [0.1, 0.15) is 28.5 Å². The van der Waals surface area contributed by atoms with Crippen molar-refractivity contribution in [3.8, 4) is 0 Å². The first-order valence-corrected chi connectivity index (χ1v) is 8.69. The van der Waals surface area contributed by atoms with Gasteiger partial charge in [-0.15, -0.1) is 0 Å². The van der Waals surface area contributed by atoms with E-state index in [-0.39, 0.29) is 11.9 Å². The van der Waals surface area contributed by atoms with E-state index in [2.05, 4.69) is 28.3 Å². The van der Waals surface area contributed by atoms with Crippen LogP contribution in [0.3, 0.4) is 0 Å². The van der Waals surface area contributed by atoms with Gasteiger partial charge in [0, 0.05) is 23.5 Å². The third kappa shape index (κ3) is 3.04. The largest absolute Gasteiger partial charge is 0.340 e. The van der Waals surface area contributed by atoms with Crippen LogP contribution >= 0.6 is 0 Å². The molecule has 1 amide bonds. The molecule has 0 aliphatic carbocycles. The Morgan fingerprint density at radius 1 is 1.12 bits per heavy atom. The summed E-state index contributed by atoms with van der Waals surface area (Å²) in [4.78, 5) is 23.4. The quantitative estimate of drug-likeness (QED) is 0.776. The topological polar surface area (TPSA) is 58.1 Å². The number of nitrogens with one attached hydrogen (secondary N) is 1. The fourth-order valence-corrected chi connectivity index (χ4v) is 3.41. The van der Waals surface area contributed by atoms with Gasteiger partial charge in [0.05, 0.1) is 0 Å². The predicted molar refractivity (Wildman–Crippen MR) is 103 cm³/mol. The lowest BCUT2D eigenvalue weighted by Crippen LogP contribution is -2.36. The number of hydrogen-bond acceptors (Lipinski definition) is 4. The summed E-state index contributed by atoms with van der Waals surface area (Å²) in [5.41, 5.74) is 4.64. The molecule has 26 heavy (non-hydrogen) atoms. The summed E-state index contributed by atoms with van der Waals surface area (Å²) in [6, 6.07) is 17.9. The van der Waals surface area contributed by atoms with E-state index in [1.165, 1.54) is 11.9 Å². The summed E-state index contributed by atoms with van der Waals surface area (Å²) in [6.45, 7) is 4.09. The summed E-state index contributed by atoms with van der Waals surface area (Å²) >= 11 is 0. The highest BCUT2D eigenvalue weighted by molar-refractivity contribution is 6.06. The molecule has 1 aliphatic heterocycles. The van der Waals surface area contributed by atoms with Gasteiger partial charge >= 0.3 is 0 Å². The first kappa shape index (κ1) is 16.3. The Balaban J connectivity index is 1.61. The fraction of sp³-hybridized carbons (Fsp3) is 0.190. The minimum atomic E-state index is -0.0999. The van der Waals surface area contributed by atoms with Gasteiger partial charge in [-0.1, -0.05) is 30.3 Å². The lowest BCUT2D eigenvalue weighted by molar-refractivity contribution is 0.0976. The number of para-hydroxylation sites is 1. The molecule has 0 spiro atoms. The van der Waals surface area contributed by atoms with Gasteiger partial charge in [-0.05, 0) is 49.6 Å². The van der Waals surface area contributed by atoms with Crippen LogP contribution in [0.2, 0.25) is 0 Å². The molecule has 1 aromatic heterocycles. The first-order valence-electron chi connectivity index (χ1n) is 8.69. The van der Waals surface area contributed by atoms with E-state index in [0.717, 1.165) is 23.4 Å². The SMILES string of the molecule is Cc1cccc(Nc2cc(C(=O)N3c4ccccc4CC3C)ncn2)c1. The molecule has 1 atom stereocenters. The molecule has 2 heterocycles. The summed E-state index contributed by atoms with van der Waals surface area (Å²) in [5.74, 6) is 0.506. The highest BCUT2D eigenvalue weighted by Crippen LogP contribution is 2.33. The molecule has 1 unspecified atom stereocenters. The Hall–Kier alpha value is -3.21. The second-order valence-corrected chi connectivity index (χ2v) is 6.64. The number of carbonyl (C=O) groups is 1. The average molecular weight is 344 g/mol. The van der Waals surface area contributed by atoms with E-state index in [0.29, 0.717) is 11.5 Å². The molecule has 0 radical (unpaired) electrons. The van der Waals surface area contributed by atoms with E-state index in [4.69, 9.17) is 0 Å². The molecule has 3 aromatic rings. The summed E-state index contributed by atoms with van der Waals surface area (Å²) in [7, 11) is 0. The zero-order chi connectivity index (χ0) is 18.1. The maximum atomic E-state index is 13.1. The van der Waals surface area contributed by atoms with Crippen LogP contribution < -0.4 is 10.2 Å². The molecule has 1 N–H and O–H groups in total. The van der Waals surface area contributed by atoms with Crippen LogP contribution in [0, 0.1) is 6.92 Å². The first-order chi connectivity index (χ1) is 12.6. The Bertz CT molecular complexity index is 969. The van der Waals surface area contributed by atoms with Crippen molar-refractivity contribution in [1.82, 2.24) is 9.97 Å². The van der Waals surface area contributed by atoms with Gasteiger partial charge in [0.2, 0.25) is 0 Å². The molecule has 0 bridgehead atoms. The lowest BCUT2D eigenvalue weighted by atomic mass is 10.1. The van der Waals surface area contributed by atoms with Crippen LogP contribution in [0.5, 0.6) is 0 Å². The van der Waals surface area contributed by atoms with Crippen molar-refractivity contribution in [3.63, 3.8) is 0 Å². The van der Waals surface area contributed by atoms with Gasteiger partial charge in [0.25, 0.3) is 5.91 Å². The molecule has 1 aliphatic rings. The summed E-state index contributed by atoms with van der Waals surface area (Å²) in [6.07, 6.45) is 2.29. The van der Waals surface area contributed by atoms with Gasteiger partial charge < -0.3 is 10.2 Å². The van der Waals surface area contributed by atoms with E-state index < -0.39 is 0 Å². The standard InChI is InChI=1S/C21H20N4O/c1-14-6-5-8-17(10-14)24-20-12-18(22-13-23-20)21(26)25-15(2)11-16-7-3-4-9-19(16)25/h3-10,12-13,15H,11H2,1-2H3,(H,22,23,24). The molecule has 130 valence electrons. The van der Waals surface area contributed by atoms with Gasteiger partial charge in [0.1, 0.15) is 17.8 Å². The van der Waals surface area contributed by atoms with E-state index in [9.17, 15) is 4.79 Å². The van der Waals surface area contributed by atoms with Crippen molar-refractivity contribution in [1.29, 1.82) is 0 Å². The number of hydrogen-bond donors (Lipinski definition) is 1. The number of anilines is 3. The Kier molecular flexibility index (Phi) is 4.13. The van der Waals surface area contributed by atoms with E-state index in [1.54, 1.807) is 6.07 Å². The summed E-state index contributed by atoms with van der Waals surface area (Å²) in [5, 5.41) is 3.24. The van der Waals surface area contributed by atoms with Crippen molar-refractivity contribution in [3.05, 3.63) is 77.7 Å². The van der Waals surface area contributed by atoms with Crippen LogP contribution in [-0.4, -0.2) is 21.9 Å². The smallest absolute Gasteiger partial charge is 0.277 e. The van der Waals surface area contributed by atoms with Crippen LogP contribution in [0.25, 0.3) is 0 Å². The fourth-order valence-electron chi connectivity index (χ4n) is 3.41. The molecule has 0 saturated carbocycles. The second-order valence-electron chi connectivity index (χ2n) is 6.64. The van der Waals surface area contributed by atoms with Gasteiger partial charge in [-0.2, -0.15) is 0 Å². The average Bonchev–Trinajstić information content (AvgIpc) is 2.97. The molecule has 0 fully saturated rings. The maximum absolute atomic E-state index is 13.1. The second kappa shape index (κ2) is 6.59. The Labute approximate surface area is 152 Å². The van der Waals surface area contributed by atoms with Crippen molar-refractivity contribution in [2.24, 2.45) is 0 Å². The van der Waals surface area contributed by atoms with Gasteiger partial charge in [-0.3, -0.25) is 4.79 Å². The third-order valence-electron chi connectivity index (χ3n) is 4.60. The summed E-state index contributed by atoms with van der Waals surface area (Å²) < 4.78 is 0. The minimum absolute atomic E-state index is 0.0999. The number of carbonyl (C=O) groups excluding carboxylic acids is 1. The zero-order valence-electron chi connectivity index (χ0n) is 14.8. The zero-order valence-corrected chi connectivity index (χ0v) is 14.8. The number of benzene rings is 2. The highest BCUT2D eigenvalue weighted by Gasteiger charge is 2.31. The molecular formula is C21H20N4O. The number of aryl methyl sites for hydroxylation is 1. The number of rotatable bonds is 3. The molecule has 2 aromatic carbocycles. The van der Waals surface area contributed by atoms with Gasteiger partial charge in [-0.25, -0.2) is 9.97 Å². The number of amides is 1. The van der Waals surface area contributed by atoms with Crippen molar-refractivity contribution in [2.75, 3.05) is 10.2 Å². The number of nitrogens with zero attached hydrogens (tertiary/aromatic N) is 3. The molecule has 5 heteroatoms. The normalized spacial score (nSPS) is 15.6. The maximum Gasteiger partial charge on any atom is 0.277 e. The Morgan fingerprint density at radius 3 is 2.81 bits per heavy atom. The van der Waals surface area contributed by atoms with Crippen LogP contribution in [0.4, 0.5) is 17.2 Å². The molecule has 0 saturated heterocycles. The minimum Gasteiger partial charge on any atom is -0.340 e. The third-order valence-corrected chi connectivity index (χ3v) is 4.60. The monoisotopic (exact) mass is 344 g/mol. The van der Waals surface area contributed by atoms with Crippen molar-refractivity contribution < 1.29 is 4.79 Å². The molecule has 4 rings (SSSR count). The van der Waals surface area contributed by atoms with Crippen molar-refractivity contribution in [2.45, 2.75) is 26.3 Å². The highest BCUT2D eigenvalue weighted by atomic mass is 16.2. The van der Waals surface area contributed by atoms with E-state index in [1.807, 2.05) is 54.3 Å². The predicted octanol–water partition coefficient (Wildman–Crippen LogP) is 4.12. The molecule has 5 nitrogen and oxygen atoms in total. The van der Waals surface area contributed by atoms with E-state index >= 15 is 0 Å². The number of fused-ring (bicyclic) bond motifs is 1. The van der Waals surface area contributed by atoms with Crippen LogP contribution in [0.15, 0.2) is 60.9 Å².